The molecule has 0 bridgehead atoms. The van der Waals surface area contributed by atoms with E-state index in [0.717, 1.165) is 22.8 Å². The molecule has 0 saturated carbocycles. The van der Waals surface area contributed by atoms with Gasteiger partial charge in [-0.3, -0.25) is 4.98 Å². The molecule has 0 aliphatic carbocycles. The summed E-state index contributed by atoms with van der Waals surface area (Å²) >= 11 is 0. The first-order valence-electron chi connectivity index (χ1n) is 4.29. The summed E-state index contributed by atoms with van der Waals surface area (Å²) in [5, 5.41) is 8.99. The Morgan fingerprint density at radius 1 is 1.47 bits per heavy atom. The van der Waals surface area contributed by atoms with Crippen molar-refractivity contribution in [3.05, 3.63) is 24.3 Å². The average molecular weight is 232 g/mol. The molecule has 0 radical (unpaired) electrons. The number of hydrogen-bond donors (Lipinski definition) is 1. The van der Waals surface area contributed by atoms with Crippen LogP contribution >= 0.6 is 0 Å². The van der Waals surface area contributed by atoms with Crippen LogP contribution in [-0.2, 0) is 10.0 Å². The summed E-state index contributed by atoms with van der Waals surface area (Å²) in [6.07, 6.45) is 1.40. The highest BCUT2D eigenvalue weighted by Gasteiger charge is 2.35. The fourth-order valence-electron chi connectivity index (χ4n) is 1.30. The van der Waals surface area contributed by atoms with E-state index >= 15 is 0 Å². The first kappa shape index (κ1) is 10.5. The quantitative estimate of drug-likeness (QED) is 0.752. The second kappa shape index (κ2) is 3.51. The number of aromatic nitrogens is 1. The third-order valence-corrected chi connectivity index (χ3v) is 3.94. The summed E-state index contributed by atoms with van der Waals surface area (Å²) in [5.41, 5.74) is 0. The summed E-state index contributed by atoms with van der Waals surface area (Å²) in [5.74, 6) is -0.697. The van der Waals surface area contributed by atoms with Crippen molar-refractivity contribution < 1.29 is 17.9 Å². The molecule has 0 aromatic carbocycles. The second-order valence-corrected chi connectivity index (χ2v) is 5.25. The van der Waals surface area contributed by atoms with Gasteiger partial charge in [0.1, 0.15) is 10.7 Å². The van der Waals surface area contributed by atoms with Gasteiger partial charge in [0.05, 0.1) is 12.3 Å². The molecule has 1 aromatic heterocycles. The van der Waals surface area contributed by atoms with E-state index in [-0.39, 0.29) is 18.0 Å². The normalized spacial score (nSPS) is 18.8. The molecule has 15 heavy (non-hydrogen) atoms. The topological polar surface area (TPSA) is 70.5 Å². The van der Waals surface area contributed by atoms with Crippen LogP contribution in [0.1, 0.15) is 0 Å². The van der Waals surface area contributed by atoms with Gasteiger partial charge < -0.3 is 5.11 Å². The van der Waals surface area contributed by atoms with Gasteiger partial charge in [0.15, 0.2) is 0 Å². The molecule has 0 spiro atoms. The molecule has 7 heteroatoms. The number of β-amino-alcohol motifs (C(OH)–C–C–N with tert-alkyl or cyclic N) is 1. The van der Waals surface area contributed by atoms with E-state index in [1.807, 2.05) is 0 Å². The fourth-order valence-corrected chi connectivity index (χ4v) is 2.79. The predicted molar refractivity (Wildman–Crippen MR) is 49.0 cm³/mol. The van der Waals surface area contributed by atoms with Crippen molar-refractivity contribution in [1.82, 2.24) is 9.29 Å². The minimum absolute atomic E-state index is 0.0544. The van der Waals surface area contributed by atoms with Gasteiger partial charge in [0.2, 0.25) is 10.0 Å². The molecule has 2 heterocycles. The summed E-state index contributed by atoms with van der Waals surface area (Å²) in [6.45, 7) is 0.109. The second-order valence-electron chi connectivity index (χ2n) is 3.31. The lowest BCUT2D eigenvalue weighted by molar-refractivity contribution is 0.0547. The van der Waals surface area contributed by atoms with E-state index in [9.17, 15) is 12.8 Å². The van der Waals surface area contributed by atoms with Gasteiger partial charge in [-0.05, 0) is 6.07 Å². The molecule has 1 saturated heterocycles. The summed E-state index contributed by atoms with van der Waals surface area (Å²) in [4.78, 5) is 3.28. The van der Waals surface area contributed by atoms with Gasteiger partial charge in [-0.15, -0.1) is 0 Å². The predicted octanol–water partition coefficient (Wildman–Crippen LogP) is -0.414. The smallest absolute Gasteiger partial charge is 0.244 e. The molecule has 1 aromatic rings. The molecular weight excluding hydrogens is 223 g/mol. The molecular formula is C8H9FN2O3S. The van der Waals surface area contributed by atoms with Gasteiger partial charge in [-0.25, -0.2) is 12.8 Å². The number of pyridine rings is 1. The fraction of sp³-hybridized carbons (Fsp3) is 0.375. The lowest BCUT2D eigenvalue weighted by atomic mass is 10.2. The van der Waals surface area contributed by atoms with E-state index in [0.29, 0.717) is 0 Å². The maximum absolute atomic E-state index is 12.8. The molecule has 1 aliphatic rings. The highest BCUT2D eigenvalue weighted by Crippen LogP contribution is 2.20. The van der Waals surface area contributed by atoms with Crippen LogP contribution in [0.3, 0.4) is 0 Å². The molecule has 1 N–H and O–H groups in total. The largest absolute Gasteiger partial charge is 0.390 e. The van der Waals surface area contributed by atoms with Gasteiger partial charge in [0, 0.05) is 19.3 Å². The Kier molecular flexibility index (Phi) is 2.45. The van der Waals surface area contributed by atoms with Gasteiger partial charge in [-0.1, -0.05) is 0 Å². The summed E-state index contributed by atoms with van der Waals surface area (Å²) < 4.78 is 37.3. The van der Waals surface area contributed by atoms with Crippen molar-refractivity contribution in [3.8, 4) is 0 Å². The summed E-state index contributed by atoms with van der Waals surface area (Å²) in [7, 11) is -3.69. The first-order valence-corrected chi connectivity index (χ1v) is 5.73. The minimum Gasteiger partial charge on any atom is -0.390 e. The SMILES string of the molecule is O=S(=O)(c1cncc(F)c1)N1CC(O)C1. The molecule has 2 rings (SSSR count). The standard InChI is InChI=1S/C8H9FN2O3S/c9-6-1-8(3-10-2-6)15(13,14)11-4-7(12)5-11/h1-3,7,12H,4-5H2. The van der Waals surface area contributed by atoms with E-state index in [2.05, 4.69) is 4.98 Å². The zero-order valence-electron chi connectivity index (χ0n) is 7.67. The highest BCUT2D eigenvalue weighted by atomic mass is 32.2. The maximum atomic E-state index is 12.8. The number of halogens is 1. The van der Waals surface area contributed by atoms with Gasteiger partial charge in [-0.2, -0.15) is 4.31 Å². The third kappa shape index (κ3) is 1.85. The summed E-state index contributed by atoms with van der Waals surface area (Å²) in [6, 6.07) is 0.910. The molecule has 5 nitrogen and oxygen atoms in total. The molecule has 1 fully saturated rings. The number of aliphatic hydroxyl groups excluding tert-OH is 1. The minimum atomic E-state index is -3.69. The highest BCUT2D eigenvalue weighted by molar-refractivity contribution is 7.89. The van der Waals surface area contributed by atoms with Crippen molar-refractivity contribution in [2.75, 3.05) is 13.1 Å². The van der Waals surface area contributed by atoms with E-state index in [1.54, 1.807) is 0 Å². The Balaban J connectivity index is 2.30. The van der Waals surface area contributed by atoms with E-state index in [4.69, 9.17) is 5.11 Å². The van der Waals surface area contributed by atoms with Crippen LogP contribution in [0.4, 0.5) is 4.39 Å². The number of aliphatic hydroxyl groups is 1. The molecule has 0 unspecified atom stereocenters. The van der Waals surface area contributed by atoms with E-state index in [1.165, 1.54) is 0 Å². The zero-order chi connectivity index (χ0) is 11.1. The Morgan fingerprint density at radius 3 is 2.67 bits per heavy atom. The van der Waals surface area contributed by atoms with Crippen LogP contribution in [0.2, 0.25) is 0 Å². The van der Waals surface area contributed by atoms with Crippen LogP contribution in [0.25, 0.3) is 0 Å². The average Bonchev–Trinajstić information content (AvgIpc) is 2.13. The van der Waals surface area contributed by atoms with Crippen LogP contribution in [0.15, 0.2) is 23.4 Å². The van der Waals surface area contributed by atoms with Crippen LogP contribution in [0, 0.1) is 5.82 Å². The van der Waals surface area contributed by atoms with Crippen molar-refractivity contribution in [2.45, 2.75) is 11.0 Å². The number of rotatable bonds is 2. The molecule has 0 amide bonds. The first-order chi connectivity index (χ1) is 7.00. The number of nitrogens with zero attached hydrogens (tertiary/aromatic N) is 2. The Morgan fingerprint density at radius 2 is 2.13 bits per heavy atom. The third-order valence-electron chi connectivity index (χ3n) is 2.15. The van der Waals surface area contributed by atoms with Gasteiger partial charge >= 0.3 is 0 Å². The Labute approximate surface area is 86.2 Å². The monoisotopic (exact) mass is 232 g/mol. The van der Waals surface area contributed by atoms with Crippen molar-refractivity contribution >= 4 is 10.0 Å². The Hall–Kier alpha value is -1.05. The number of hydrogen-bond acceptors (Lipinski definition) is 4. The van der Waals surface area contributed by atoms with Crippen LogP contribution in [-0.4, -0.2) is 42.0 Å². The maximum Gasteiger partial charge on any atom is 0.244 e. The van der Waals surface area contributed by atoms with Crippen LogP contribution < -0.4 is 0 Å². The van der Waals surface area contributed by atoms with Crippen molar-refractivity contribution in [3.63, 3.8) is 0 Å². The lowest BCUT2D eigenvalue weighted by Gasteiger charge is -2.34. The molecule has 82 valence electrons. The number of sulfonamides is 1. The van der Waals surface area contributed by atoms with Crippen LogP contribution in [0.5, 0.6) is 0 Å². The molecule has 0 atom stereocenters. The zero-order valence-corrected chi connectivity index (χ0v) is 8.48. The van der Waals surface area contributed by atoms with E-state index < -0.39 is 21.9 Å². The lowest BCUT2D eigenvalue weighted by Crippen LogP contribution is -2.53. The van der Waals surface area contributed by atoms with Gasteiger partial charge in [0.25, 0.3) is 0 Å². The van der Waals surface area contributed by atoms with Crippen molar-refractivity contribution in [2.24, 2.45) is 0 Å². The van der Waals surface area contributed by atoms with Crippen molar-refractivity contribution in [1.29, 1.82) is 0 Å². The molecule has 1 aliphatic heterocycles. The Bertz CT molecular complexity index is 471.